The van der Waals surface area contributed by atoms with Gasteiger partial charge in [-0.15, -0.1) is 0 Å². The molecule has 0 aliphatic carbocycles. The minimum absolute atomic E-state index is 0.0213. The lowest BCUT2D eigenvalue weighted by Gasteiger charge is -2.34. The van der Waals surface area contributed by atoms with Gasteiger partial charge in [0.05, 0.1) is 6.61 Å². The number of amides is 1. The number of rotatable bonds is 11. The Kier molecular flexibility index (Phi) is 10.1. The van der Waals surface area contributed by atoms with E-state index in [1.165, 1.54) is 0 Å². The first-order valence-corrected chi connectivity index (χ1v) is 10.3. The van der Waals surface area contributed by atoms with E-state index in [2.05, 4.69) is 9.47 Å². The van der Waals surface area contributed by atoms with Crippen molar-refractivity contribution in [1.82, 2.24) is 5.32 Å². The van der Waals surface area contributed by atoms with Gasteiger partial charge in [-0.1, -0.05) is 6.58 Å². The summed E-state index contributed by atoms with van der Waals surface area (Å²) in [5.41, 5.74) is -2.74. The first-order valence-electron chi connectivity index (χ1n) is 8.85. The Labute approximate surface area is 197 Å². The molecule has 218 valence electrons. The van der Waals surface area contributed by atoms with Crippen molar-refractivity contribution in [3.8, 4) is 0 Å². The summed E-state index contributed by atoms with van der Waals surface area (Å²) in [5.74, 6) is -17.4. The molecule has 2 unspecified atom stereocenters. The predicted octanol–water partition coefficient (Wildman–Crippen LogP) is 3.89. The van der Waals surface area contributed by atoms with E-state index in [-0.39, 0.29) is 6.92 Å². The van der Waals surface area contributed by atoms with Crippen LogP contribution in [0.15, 0.2) is 12.2 Å². The molecule has 0 saturated carbocycles. The SMILES string of the molecule is C=C(C(=O)OC(OCCCC(F)(F)C(F)(F)S(=O)(=O)O)(C(=O)NC(C)C(F)(F)F)C(F)(F)F)C(F)(F)F. The van der Waals surface area contributed by atoms with Crippen LogP contribution < -0.4 is 5.32 Å². The van der Waals surface area contributed by atoms with Gasteiger partial charge < -0.3 is 14.8 Å². The molecule has 0 rings (SSSR count). The maximum atomic E-state index is 13.7. The highest BCUT2D eigenvalue weighted by Gasteiger charge is 2.68. The normalized spacial score (nSPS) is 16.5. The molecule has 22 heteroatoms. The van der Waals surface area contributed by atoms with E-state index in [0.29, 0.717) is 5.32 Å². The van der Waals surface area contributed by atoms with Crippen molar-refractivity contribution in [3.05, 3.63) is 12.2 Å². The topological polar surface area (TPSA) is 119 Å². The fraction of sp³-hybridized carbons (Fsp3) is 0.733. The fourth-order valence-electron chi connectivity index (χ4n) is 1.94. The van der Waals surface area contributed by atoms with Crippen molar-refractivity contribution in [2.24, 2.45) is 0 Å². The quantitative estimate of drug-likeness (QED) is 0.0925. The van der Waals surface area contributed by atoms with Crippen LogP contribution in [-0.2, 0) is 29.2 Å². The van der Waals surface area contributed by atoms with E-state index in [4.69, 9.17) is 4.55 Å². The van der Waals surface area contributed by atoms with Crippen LogP contribution in [0, 0.1) is 0 Å². The molecular weight excluding hydrogens is 585 g/mol. The van der Waals surface area contributed by atoms with Crippen LogP contribution in [0.2, 0.25) is 0 Å². The zero-order chi connectivity index (χ0) is 30.1. The van der Waals surface area contributed by atoms with Crippen molar-refractivity contribution in [2.75, 3.05) is 6.61 Å². The summed E-state index contributed by atoms with van der Waals surface area (Å²) < 4.78 is 206. The third kappa shape index (κ3) is 8.06. The lowest BCUT2D eigenvalue weighted by Crippen LogP contribution is -2.64. The van der Waals surface area contributed by atoms with Gasteiger partial charge in [-0.25, -0.2) is 4.79 Å². The van der Waals surface area contributed by atoms with E-state index < -0.39 is 88.6 Å². The van der Waals surface area contributed by atoms with E-state index in [1.807, 2.05) is 6.58 Å². The van der Waals surface area contributed by atoms with Gasteiger partial charge in [0.25, 0.3) is 0 Å². The smallest absolute Gasteiger partial charge is 0.412 e. The average Bonchev–Trinajstić information content (AvgIpc) is 2.65. The molecule has 0 aromatic heterocycles. The van der Waals surface area contributed by atoms with Gasteiger partial charge in [0.2, 0.25) is 0 Å². The molecule has 2 N–H and O–H groups in total. The van der Waals surface area contributed by atoms with Gasteiger partial charge in [0.1, 0.15) is 11.6 Å². The van der Waals surface area contributed by atoms with Gasteiger partial charge in [-0.05, 0) is 13.3 Å². The standard InChI is InChI=1S/C15H14F13NO7S/c1-6(12(18,19)20)8(30)36-11(14(24,25)26,9(31)29-7(2)13(21,22)23)35-5-3-4-10(16,17)15(27,28)37(32,33)34/h7H,1,3-5H2,2H3,(H,29,31)(H,32,33,34). The van der Waals surface area contributed by atoms with E-state index in [0.717, 1.165) is 0 Å². The summed E-state index contributed by atoms with van der Waals surface area (Å²) >= 11 is 0. The Bertz CT molecular complexity index is 972. The lowest BCUT2D eigenvalue weighted by atomic mass is 10.1. The fourth-order valence-corrected chi connectivity index (χ4v) is 2.41. The summed E-state index contributed by atoms with van der Waals surface area (Å²) in [7, 11) is -6.79. The highest BCUT2D eigenvalue weighted by atomic mass is 32.2. The Morgan fingerprint density at radius 3 is 1.76 bits per heavy atom. The first kappa shape index (κ1) is 34.6. The van der Waals surface area contributed by atoms with E-state index in [9.17, 15) is 75.1 Å². The van der Waals surface area contributed by atoms with Crippen LogP contribution in [-0.4, -0.2) is 73.0 Å². The molecule has 0 heterocycles. The molecule has 0 spiro atoms. The molecule has 0 radical (unpaired) electrons. The number of nitrogens with one attached hydrogen (secondary N) is 1. The van der Waals surface area contributed by atoms with Crippen molar-refractivity contribution >= 4 is 22.0 Å². The summed E-state index contributed by atoms with van der Waals surface area (Å²) in [6.07, 6.45) is -22.1. The lowest BCUT2D eigenvalue weighted by molar-refractivity contribution is -0.348. The molecule has 37 heavy (non-hydrogen) atoms. The summed E-state index contributed by atoms with van der Waals surface area (Å²) in [4.78, 5) is 23.6. The summed E-state index contributed by atoms with van der Waals surface area (Å²) in [5, 5.41) is -5.64. The number of esters is 1. The highest BCUT2D eigenvalue weighted by Crippen LogP contribution is 2.42. The van der Waals surface area contributed by atoms with Crippen LogP contribution in [0.5, 0.6) is 0 Å². The number of halogens is 13. The van der Waals surface area contributed by atoms with Gasteiger partial charge in [-0.3, -0.25) is 9.35 Å². The summed E-state index contributed by atoms with van der Waals surface area (Å²) in [6, 6.07) is -3.20. The van der Waals surface area contributed by atoms with Crippen molar-refractivity contribution in [3.63, 3.8) is 0 Å². The van der Waals surface area contributed by atoms with Gasteiger partial charge >= 0.3 is 57.5 Å². The van der Waals surface area contributed by atoms with Gasteiger partial charge in [0.15, 0.2) is 0 Å². The number of alkyl halides is 13. The molecule has 0 saturated heterocycles. The Morgan fingerprint density at radius 2 is 1.41 bits per heavy atom. The second-order valence-corrected chi connectivity index (χ2v) is 8.33. The Balaban J connectivity index is 6.26. The van der Waals surface area contributed by atoms with Crippen molar-refractivity contribution < 1.29 is 89.1 Å². The van der Waals surface area contributed by atoms with Crippen molar-refractivity contribution in [2.45, 2.75) is 61.3 Å². The molecule has 0 aliphatic heterocycles. The van der Waals surface area contributed by atoms with Crippen LogP contribution in [0.3, 0.4) is 0 Å². The van der Waals surface area contributed by atoms with Crippen LogP contribution in [0.1, 0.15) is 19.8 Å². The number of ether oxygens (including phenoxy) is 2. The summed E-state index contributed by atoms with van der Waals surface area (Å²) in [6.45, 7) is -0.0326. The minimum Gasteiger partial charge on any atom is -0.412 e. The van der Waals surface area contributed by atoms with E-state index >= 15 is 0 Å². The largest absolute Gasteiger partial charge is 0.466 e. The molecule has 0 aromatic carbocycles. The third-order valence-electron chi connectivity index (χ3n) is 4.03. The first-order chi connectivity index (χ1) is 16.0. The molecule has 0 bridgehead atoms. The monoisotopic (exact) mass is 599 g/mol. The van der Waals surface area contributed by atoms with Gasteiger partial charge in [0, 0.05) is 6.42 Å². The molecule has 0 aliphatic rings. The Hall–Kier alpha value is -2.36. The number of carbonyl (C=O) groups excluding carboxylic acids is 2. The number of hydrogen-bond acceptors (Lipinski definition) is 6. The van der Waals surface area contributed by atoms with E-state index in [1.54, 1.807) is 0 Å². The second-order valence-electron chi connectivity index (χ2n) is 6.87. The number of hydrogen-bond donors (Lipinski definition) is 2. The molecule has 0 aromatic rings. The second kappa shape index (κ2) is 10.8. The molecule has 8 nitrogen and oxygen atoms in total. The van der Waals surface area contributed by atoms with Crippen LogP contribution >= 0.6 is 0 Å². The highest BCUT2D eigenvalue weighted by molar-refractivity contribution is 7.87. The number of carbonyl (C=O) groups is 2. The maximum absolute atomic E-state index is 13.7. The van der Waals surface area contributed by atoms with Crippen molar-refractivity contribution in [1.29, 1.82) is 0 Å². The minimum atomic E-state index is -6.79. The zero-order valence-corrected chi connectivity index (χ0v) is 18.4. The van der Waals surface area contributed by atoms with Gasteiger partial charge in [-0.2, -0.15) is 65.5 Å². The predicted molar refractivity (Wildman–Crippen MR) is 90.4 cm³/mol. The van der Waals surface area contributed by atoms with Crippen LogP contribution in [0.4, 0.5) is 57.1 Å². The molecule has 1 amide bonds. The molecule has 0 fully saturated rings. The maximum Gasteiger partial charge on any atom is 0.466 e. The van der Waals surface area contributed by atoms with Crippen LogP contribution in [0.25, 0.3) is 0 Å². The zero-order valence-electron chi connectivity index (χ0n) is 17.6. The molecule has 2 atom stereocenters. The third-order valence-corrected chi connectivity index (χ3v) is 4.97. The average molecular weight is 599 g/mol. The molecular formula is C15H14F13NO7S. The Morgan fingerprint density at radius 1 is 0.946 bits per heavy atom.